The molecule has 0 radical (unpaired) electrons. The SMILES string of the molecule is CC(=O)[C@@H]1CC[C@H]2[C@H]3CCC4=CC(=NOCC(=O)NCc5ccc(C(=O)O)cc5)CC[C@]4(C)[C@H]3CC[C@]12C. The van der Waals surface area contributed by atoms with Crippen molar-refractivity contribution in [2.45, 2.75) is 78.7 Å². The number of ketones is 1. The number of carbonyl (C=O) groups excluding carboxylic acids is 2. The number of aromatic carboxylic acids is 1. The number of hydrogen-bond donors (Lipinski definition) is 2. The monoisotopic (exact) mass is 520 g/mol. The van der Waals surface area contributed by atoms with Crippen LogP contribution >= 0.6 is 0 Å². The Morgan fingerprint density at radius 2 is 1.79 bits per heavy atom. The van der Waals surface area contributed by atoms with Crippen LogP contribution in [0.5, 0.6) is 0 Å². The molecule has 0 saturated heterocycles. The maximum atomic E-state index is 12.4. The van der Waals surface area contributed by atoms with E-state index < -0.39 is 5.97 Å². The first-order valence-electron chi connectivity index (χ1n) is 14.1. The molecule has 204 valence electrons. The summed E-state index contributed by atoms with van der Waals surface area (Å²) in [5.41, 5.74) is 3.79. The lowest BCUT2D eigenvalue weighted by Gasteiger charge is -2.58. The van der Waals surface area contributed by atoms with Gasteiger partial charge >= 0.3 is 5.97 Å². The first kappa shape index (κ1) is 26.6. The predicted octanol–water partition coefficient (Wildman–Crippen LogP) is 5.54. The average Bonchev–Trinajstić information content (AvgIpc) is 3.25. The van der Waals surface area contributed by atoms with E-state index in [-0.39, 0.29) is 34.8 Å². The van der Waals surface area contributed by atoms with Crippen LogP contribution in [0.3, 0.4) is 0 Å². The molecule has 1 aromatic rings. The molecule has 3 fully saturated rings. The van der Waals surface area contributed by atoms with Gasteiger partial charge in [-0.3, -0.25) is 9.59 Å². The van der Waals surface area contributed by atoms with E-state index in [0.717, 1.165) is 43.4 Å². The molecular formula is C31H40N2O5. The molecule has 0 bridgehead atoms. The van der Waals surface area contributed by atoms with Gasteiger partial charge in [-0.15, -0.1) is 0 Å². The highest BCUT2D eigenvalue weighted by molar-refractivity contribution is 5.96. The highest BCUT2D eigenvalue weighted by Gasteiger charge is 2.59. The first-order chi connectivity index (χ1) is 18.1. The molecule has 1 aromatic carbocycles. The van der Waals surface area contributed by atoms with Crippen molar-refractivity contribution in [2.24, 2.45) is 39.7 Å². The van der Waals surface area contributed by atoms with Crippen LogP contribution in [0.2, 0.25) is 0 Å². The van der Waals surface area contributed by atoms with Gasteiger partial charge in [-0.25, -0.2) is 4.79 Å². The van der Waals surface area contributed by atoms with Crippen molar-refractivity contribution in [2.75, 3.05) is 6.61 Å². The van der Waals surface area contributed by atoms with E-state index in [1.54, 1.807) is 19.1 Å². The fourth-order valence-electron chi connectivity index (χ4n) is 8.50. The van der Waals surface area contributed by atoms with Gasteiger partial charge in [-0.2, -0.15) is 0 Å². The van der Waals surface area contributed by atoms with Crippen LogP contribution in [0.4, 0.5) is 0 Å². The maximum absolute atomic E-state index is 12.4. The molecular weight excluding hydrogens is 480 g/mol. The molecule has 38 heavy (non-hydrogen) atoms. The second-order valence-corrected chi connectivity index (χ2v) is 12.4. The molecule has 0 spiro atoms. The number of nitrogens with zero attached hydrogens (tertiary/aromatic N) is 1. The topological polar surface area (TPSA) is 105 Å². The van der Waals surface area contributed by atoms with Crippen molar-refractivity contribution in [1.29, 1.82) is 0 Å². The number of carboxylic acids is 1. The number of carboxylic acid groups (broad SMARTS) is 1. The minimum Gasteiger partial charge on any atom is -0.478 e. The third-order valence-electron chi connectivity index (χ3n) is 10.5. The van der Waals surface area contributed by atoms with Crippen molar-refractivity contribution < 1.29 is 24.3 Å². The van der Waals surface area contributed by atoms with Gasteiger partial charge in [0.1, 0.15) is 5.78 Å². The molecule has 7 nitrogen and oxygen atoms in total. The van der Waals surface area contributed by atoms with Gasteiger partial charge in [0.2, 0.25) is 0 Å². The summed E-state index contributed by atoms with van der Waals surface area (Å²) in [7, 11) is 0. The van der Waals surface area contributed by atoms with E-state index in [0.29, 0.717) is 30.1 Å². The lowest BCUT2D eigenvalue weighted by atomic mass is 9.46. The Morgan fingerprint density at radius 1 is 1.03 bits per heavy atom. The van der Waals surface area contributed by atoms with Crippen LogP contribution in [0.25, 0.3) is 0 Å². The first-order valence-corrected chi connectivity index (χ1v) is 14.1. The maximum Gasteiger partial charge on any atom is 0.335 e. The minimum atomic E-state index is -0.975. The highest BCUT2D eigenvalue weighted by atomic mass is 16.6. The highest BCUT2D eigenvalue weighted by Crippen LogP contribution is 2.66. The van der Waals surface area contributed by atoms with Crippen molar-refractivity contribution >= 4 is 23.4 Å². The van der Waals surface area contributed by atoms with Gasteiger partial charge in [0.15, 0.2) is 6.61 Å². The minimum absolute atomic E-state index is 0.153. The van der Waals surface area contributed by atoms with E-state index in [1.807, 2.05) is 0 Å². The normalized spacial score (nSPS) is 34.9. The molecule has 3 saturated carbocycles. The zero-order chi connectivity index (χ0) is 27.1. The van der Waals surface area contributed by atoms with Crippen LogP contribution in [0.1, 0.15) is 88.1 Å². The number of hydrogen-bond acceptors (Lipinski definition) is 5. The van der Waals surface area contributed by atoms with Gasteiger partial charge < -0.3 is 15.3 Å². The Morgan fingerprint density at radius 3 is 2.50 bits per heavy atom. The molecule has 7 heteroatoms. The van der Waals surface area contributed by atoms with Crippen molar-refractivity contribution in [3.8, 4) is 0 Å². The van der Waals surface area contributed by atoms with E-state index in [4.69, 9.17) is 9.94 Å². The smallest absolute Gasteiger partial charge is 0.335 e. The van der Waals surface area contributed by atoms with Crippen LogP contribution in [-0.4, -0.2) is 35.1 Å². The quantitative estimate of drug-likeness (QED) is 0.459. The molecule has 5 rings (SSSR count). The van der Waals surface area contributed by atoms with Gasteiger partial charge in [-0.1, -0.05) is 36.7 Å². The fraction of sp³-hybridized carbons (Fsp3) is 0.613. The van der Waals surface area contributed by atoms with E-state index in [1.165, 1.54) is 37.0 Å². The number of nitrogens with one attached hydrogen (secondary N) is 1. The molecule has 2 N–H and O–H groups in total. The summed E-state index contributed by atoms with van der Waals surface area (Å²) in [6.45, 7) is 6.79. The van der Waals surface area contributed by atoms with Crippen LogP contribution in [-0.2, 0) is 21.0 Å². The Hall–Kier alpha value is -2.96. The Balaban J connectivity index is 1.16. The molecule has 1 amide bonds. The van der Waals surface area contributed by atoms with E-state index in [2.05, 4.69) is 30.4 Å². The summed E-state index contributed by atoms with van der Waals surface area (Å²) in [5, 5.41) is 16.1. The predicted molar refractivity (Wildman–Crippen MR) is 145 cm³/mol. The van der Waals surface area contributed by atoms with Gasteiger partial charge in [0.05, 0.1) is 11.3 Å². The number of rotatable bonds is 7. The largest absolute Gasteiger partial charge is 0.478 e. The summed E-state index contributed by atoms with van der Waals surface area (Å²) in [4.78, 5) is 41.0. The molecule has 6 atom stereocenters. The number of Topliss-reactive ketones (excluding diaryl/α,β-unsaturated/α-hetero) is 1. The summed E-state index contributed by atoms with van der Waals surface area (Å²) in [5.74, 6) is 1.44. The zero-order valence-electron chi connectivity index (χ0n) is 22.8. The Labute approximate surface area is 225 Å². The van der Waals surface area contributed by atoms with Crippen LogP contribution in [0.15, 0.2) is 41.1 Å². The van der Waals surface area contributed by atoms with Crippen LogP contribution < -0.4 is 5.32 Å². The number of fused-ring (bicyclic) bond motifs is 5. The fourth-order valence-corrected chi connectivity index (χ4v) is 8.50. The van der Waals surface area contributed by atoms with Gasteiger partial charge in [-0.05, 0) is 111 Å². The summed E-state index contributed by atoms with van der Waals surface area (Å²) in [6.07, 6.45) is 11.0. The average molecular weight is 521 g/mol. The van der Waals surface area contributed by atoms with E-state index >= 15 is 0 Å². The van der Waals surface area contributed by atoms with Gasteiger partial charge in [0, 0.05) is 12.5 Å². The molecule has 0 heterocycles. The van der Waals surface area contributed by atoms with Crippen molar-refractivity contribution in [3.05, 3.63) is 47.0 Å². The number of benzene rings is 1. The lowest BCUT2D eigenvalue weighted by Crippen LogP contribution is -2.51. The number of allylic oxidation sites excluding steroid dienone is 2. The zero-order valence-corrected chi connectivity index (χ0v) is 22.8. The Kier molecular flexibility index (Phi) is 7.23. The standard InChI is InChI=1S/C31H40N2O5/c1-19(34)25-10-11-26-24-9-8-22-16-23(12-14-30(22,2)27(24)13-15-31(25,26)3)33-38-18-28(35)32-17-20-4-6-21(7-5-20)29(36)37/h4-7,16,24-27H,8-15,17-18H2,1-3H3,(H,32,35)(H,36,37)/t24-,25+,26+,27+,30+,31-/m1/s1. The van der Waals surface area contributed by atoms with Gasteiger partial charge in [0.25, 0.3) is 5.91 Å². The number of amides is 1. The second kappa shape index (κ2) is 10.3. The molecule has 0 aromatic heterocycles. The lowest BCUT2D eigenvalue weighted by molar-refractivity contribution is -0.128. The Bertz CT molecular complexity index is 1170. The summed E-state index contributed by atoms with van der Waals surface area (Å²) >= 11 is 0. The van der Waals surface area contributed by atoms with Crippen molar-refractivity contribution in [3.63, 3.8) is 0 Å². The summed E-state index contributed by atoms with van der Waals surface area (Å²) < 4.78 is 0. The molecule has 4 aliphatic carbocycles. The van der Waals surface area contributed by atoms with Crippen molar-refractivity contribution in [1.82, 2.24) is 5.32 Å². The van der Waals surface area contributed by atoms with E-state index in [9.17, 15) is 14.4 Å². The third-order valence-corrected chi connectivity index (χ3v) is 10.5. The number of carbonyl (C=O) groups is 3. The van der Waals surface area contributed by atoms with Crippen LogP contribution in [0, 0.1) is 34.5 Å². The molecule has 0 aliphatic heterocycles. The second-order valence-electron chi connectivity index (χ2n) is 12.4. The number of oxime groups is 1. The third kappa shape index (κ3) is 4.80. The molecule has 0 unspecified atom stereocenters. The summed E-state index contributed by atoms with van der Waals surface area (Å²) in [6, 6.07) is 6.41. The molecule has 4 aliphatic rings.